The van der Waals surface area contributed by atoms with Crippen LogP contribution in [-0.2, 0) is 24.3 Å². The van der Waals surface area contributed by atoms with E-state index in [1.807, 2.05) is 31.2 Å². The molecule has 9 heteroatoms. The second-order valence-corrected chi connectivity index (χ2v) is 9.14. The zero-order valence-electron chi connectivity index (χ0n) is 17.1. The van der Waals surface area contributed by atoms with Crippen LogP contribution in [0.4, 0.5) is 11.4 Å². The molecular weight excluding hydrogens is 394 g/mol. The first-order valence-corrected chi connectivity index (χ1v) is 11.8. The van der Waals surface area contributed by atoms with Crippen molar-refractivity contribution in [3.63, 3.8) is 0 Å². The Morgan fingerprint density at radius 3 is 2.41 bits per heavy atom. The van der Waals surface area contributed by atoms with Crippen molar-refractivity contribution < 1.29 is 22.7 Å². The van der Waals surface area contributed by atoms with Gasteiger partial charge in [0, 0.05) is 24.5 Å². The fourth-order valence-electron chi connectivity index (χ4n) is 3.08. The highest BCUT2D eigenvalue weighted by atomic mass is 32.2. The third-order valence-electron chi connectivity index (χ3n) is 4.69. The van der Waals surface area contributed by atoms with Crippen LogP contribution < -0.4 is 14.9 Å². The lowest BCUT2D eigenvalue weighted by molar-refractivity contribution is -0.148. The van der Waals surface area contributed by atoms with Crippen molar-refractivity contribution in [2.24, 2.45) is 0 Å². The number of nitrogens with one attached hydrogen (secondary N) is 2. The number of hydrogen-bond acceptors (Lipinski definition) is 6. The second-order valence-electron chi connectivity index (χ2n) is 7.26. The SMILES string of the molecule is CCCCS(=O)(=O)N[C@@H](C)C(=O)OCC(=O)Nc1ccc(N2CCCCC2)cc1. The highest BCUT2D eigenvalue weighted by Crippen LogP contribution is 2.21. The summed E-state index contributed by atoms with van der Waals surface area (Å²) in [6, 6.07) is 6.50. The molecule has 1 atom stereocenters. The van der Waals surface area contributed by atoms with Crippen LogP contribution in [0.2, 0.25) is 0 Å². The molecule has 1 aliphatic heterocycles. The van der Waals surface area contributed by atoms with Gasteiger partial charge in [0.05, 0.1) is 5.75 Å². The molecule has 162 valence electrons. The van der Waals surface area contributed by atoms with E-state index in [2.05, 4.69) is 14.9 Å². The number of piperidine rings is 1. The molecule has 0 spiro atoms. The van der Waals surface area contributed by atoms with E-state index in [-0.39, 0.29) is 5.75 Å². The Kier molecular flexibility index (Phi) is 8.91. The van der Waals surface area contributed by atoms with Gasteiger partial charge in [0.15, 0.2) is 6.61 Å². The summed E-state index contributed by atoms with van der Waals surface area (Å²) < 4.78 is 30.8. The first-order chi connectivity index (χ1) is 13.8. The fraction of sp³-hybridized carbons (Fsp3) is 0.600. The Morgan fingerprint density at radius 2 is 1.79 bits per heavy atom. The number of benzene rings is 1. The van der Waals surface area contributed by atoms with Gasteiger partial charge >= 0.3 is 5.97 Å². The number of anilines is 2. The summed E-state index contributed by atoms with van der Waals surface area (Å²) in [6.07, 6.45) is 4.89. The molecule has 0 bridgehead atoms. The molecule has 0 unspecified atom stereocenters. The molecule has 1 saturated heterocycles. The maximum absolute atomic E-state index is 12.0. The van der Waals surface area contributed by atoms with Gasteiger partial charge in [-0.2, -0.15) is 0 Å². The van der Waals surface area contributed by atoms with E-state index >= 15 is 0 Å². The average molecular weight is 426 g/mol. The molecule has 29 heavy (non-hydrogen) atoms. The minimum Gasteiger partial charge on any atom is -0.454 e. The third-order valence-corrected chi connectivity index (χ3v) is 6.23. The number of ether oxygens (including phenoxy) is 1. The van der Waals surface area contributed by atoms with Crippen molar-refractivity contribution in [3.05, 3.63) is 24.3 Å². The van der Waals surface area contributed by atoms with Crippen LogP contribution in [0.3, 0.4) is 0 Å². The van der Waals surface area contributed by atoms with Crippen molar-refractivity contribution in [1.29, 1.82) is 0 Å². The first-order valence-electron chi connectivity index (χ1n) is 10.1. The van der Waals surface area contributed by atoms with Gasteiger partial charge in [-0.3, -0.25) is 9.59 Å². The average Bonchev–Trinajstić information content (AvgIpc) is 2.71. The normalized spacial score (nSPS) is 15.6. The van der Waals surface area contributed by atoms with Crippen LogP contribution in [-0.4, -0.2) is 51.8 Å². The van der Waals surface area contributed by atoms with Gasteiger partial charge in [-0.05, 0) is 56.9 Å². The maximum Gasteiger partial charge on any atom is 0.324 e. The predicted molar refractivity (Wildman–Crippen MR) is 113 cm³/mol. The molecule has 1 heterocycles. The van der Waals surface area contributed by atoms with Gasteiger partial charge in [-0.15, -0.1) is 0 Å². The molecule has 1 aliphatic rings. The van der Waals surface area contributed by atoms with Gasteiger partial charge in [-0.25, -0.2) is 13.1 Å². The molecule has 8 nitrogen and oxygen atoms in total. The lowest BCUT2D eigenvalue weighted by Crippen LogP contribution is -2.41. The van der Waals surface area contributed by atoms with E-state index in [0.29, 0.717) is 12.1 Å². The van der Waals surface area contributed by atoms with Crippen LogP contribution in [0, 0.1) is 0 Å². The first kappa shape index (κ1) is 23.2. The predicted octanol–water partition coefficient (Wildman–Crippen LogP) is 2.27. The minimum absolute atomic E-state index is 0.0466. The number of rotatable bonds is 10. The van der Waals surface area contributed by atoms with Crippen molar-refractivity contribution >= 4 is 33.3 Å². The van der Waals surface area contributed by atoms with Gasteiger partial charge in [0.1, 0.15) is 6.04 Å². The molecule has 0 aliphatic carbocycles. The number of sulfonamides is 1. The summed E-state index contributed by atoms with van der Waals surface area (Å²) in [5, 5.41) is 2.67. The van der Waals surface area contributed by atoms with E-state index in [0.717, 1.165) is 25.2 Å². The monoisotopic (exact) mass is 425 g/mol. The van der Waals surface area contributed by atoms with Crippen molar-refractivity contribution in [3.8, 4) is 0 Å². The van der Waals surface area contributed by atoms with Gasteiger partial charge in [0.2, 0.25) is 10.0 Å². The highest BCUT2D eigenvalue weighted by molar-refractivity contribution is 7.89. The molecular formula is C20H31N3O5S. The topological polar surface area (TPSA) is 105 Å². The molecule has 0 radical (unpaired) electrons. The van der Waals surface area contributed by atoms with Gasteiger partial charge < -0.3 is 15.0 Å². The van der Waals surface area contributed by atoms with Crippen molar-refractivity contribution in [2.75, 3.05) is 35.7 Å². The zero-order valence-corrected chi connectivity index (χ0v) is 18.0. The number of nitrogens with zero attached hydrogens (tertiary/aromatic N) is 1. The van der Waals surface area contributed by atoms with E-state index in [1.165, 1.54) is 26.2 Å². The Morgan fingerprint density at radius 1 is 1.14 bits per heavy atom. The Labute approximate surface area is 173 Å². The van der Waals surface area contributed by atoms with Crippen LogP contribution >= 0.6 is 0 Å². The number of hydrogen-bond donors (Lipinski definition) is 2. The highest BCUT2D eigenvalue weighted by Gasteiger charge is 2.22. The molecule has 1 fully saturated rings. The van der Waals surface area contributed by atoms with Gasteiger partial charge in [0.25, 0.3) is 5.91 Å². The summed E-state index contributed by atoms with van der Waals surface area (Å²) in [5.41, 5.74) is 1.73. The van der Waals surface area contributed by atoms with Crippen molar-refractivity contribution in [2.45, 2.75) is 52.0 Å². The van der Waals surface area contributed by atoms with Crippen LogP contribution in [0.15, 0.2) is 24.3 Å². The Balaban J connectivity index is 1.76. The number of carbonyl (C=O) groups is 2. The van der Waals surface area contributed by atoms with E-state index < -0.39 is 34.5 Å². The number of esters is 1. The Bertz CT molecular complexity index is 774. The Hall–Kier alpha value is -2.13. The second kappa shape index (κ2) is 11.2. The van der Waals surface area contributed by atoms with Crippen molar-refractivity contribution in [1.82, 2.24) is 4.72 Å². The molecule has 2 N–H and O–H groups in total. The lowest BCUT2D eigenvalue weighted by atomic mass is 10.1. The largest absolute Gasteiger partial charge is 0.454 e. The fourth-order valence-corrected chi connectivity index (χ4v) is 4.50. The third kappa shape index (κ3) is 8.02. The molecule has 1 aromatic rings. The zero-order chi connectivity index (χ0) is 21.3. The van der Waals surface area contributed by atoms with E-state index in [4.69, 9.17) is 4.74 Å². The number of carbonyl (C=O) groups excluding carboxylic acids is 2. The lowest BCUT2D eigenvalue weighted by Gasteiger charge is -2.28. The number of unbranched alkanes of at least 4 members (excludes halogenated alkanes) is 1. The quantitative estimate of drug-likeness (QED) is 0.557. The molecule has 1 amide bonds. The molecule has 0 saturated carbocycles. The smallest absolute Gasteiger partial charge is 0.324 e. The summed E-state index contributed by atoms with van der Waals surface area (Å²) in [4.78, 5) is 26.3. The van der Waals surface area contributed by atoms with Crippen LogP contribution in [0.1, 0.15) is 46.0 Å². The molecule has 2 rings (SSSR count). The number of amides is 1. The standard InChI is InChI=1S/C20H31N3O5S/c1-3-4-14-29(26,27)22-16(2)20(25)28-15-19(24)21-17-8-10-18(11-9-17)23-12-6-5-7-13-23/h8-11,16,22H,3-7,12-15H2,1-2H3,(H,21,24)/t16-/m0/s1. The van der Waals surface area contributed by atoms with E-state index in [1.54, 1.807) is 0 Å². The van der Waals surface area contributed by atoms with Crippen LogP contribution in [0.25, 0.3) is 0 Å². The summed E-state index contributed by atoms with van der Waals surface area (Å²) >= 11 is 0. The summed E-state index contributed by atoms with van der Waals surface area (Å²) in [7, 11) is -3.54. The van der Waals surface area contributed by atoms with E-state index in [9.17, 15) is 18.0 Å². The minimum atomic E-state index is -3.54. The molecule has 0 aromatic heterocycles. The maximum atomic E-state index is 12.0. The van der Waals surface area contributed by atoms with Crippen LogP contribution in [0.5, 0.6) is 0 Å². The molecule has 1 aromatic carbocycles. The summed E-state index contributed by atoms with van der Waals surface area (Å²) in [6.45, 7) is 4.88. The van der Waals surface area contributed by atoms with Gasteiger partial charge in [-0.1, -0.05) is 13.3 Å². The summed E-state index contributed by atoms with van der Waals surface area (Å²) in [5.74, 6) is -1.32.